The first-order valence-corrected chi connectivity index (χ1v) is 7.42. The van der Waals surface area contributed by atoms with E-state index in [4.69, 9.17) is 5.73 Å². The van der Waals surface area contributed by atoms with Crippen molar-refractivity contribution in [1.29, 1.82) is 0 Å². The van der Waals surface area contributed by atoms with E-state index in [1.165, 1.54) is 7.05 Å². The fourth-order valence-electron chi connectivity index (χ4n) is 1.82. The molecule has 23 heavy (non-hydrogen) atoms. The highest BCUT2D eigenvalue weighted by molar-refractivity contribution is 5.99. The summed E-state index contributed by atoms with van der Waals surface area (Å²) in [7, 11) is 1.54. The van der Waals surface area contributed by atoms with Crippen molar-refractivity contribution >= 4 is 23.4 Å². The van der Waals surface area contributed by atoms with Crippen LogP contribution in [0.4, 0.5) is 5.69 Å². The second-order valence-corrected chi connectivity index (χ2v) is 5.64. The van der Waals surface area contributed by atoms with Crippen molar-refractivity contribution in [2.24, 2.45) is 11.7 Å². The smallest absolute Gasteiger partial charge is 0.251 e. The largest absolute Gasteiger partial charge is 0.355 e. The van der Waals surface area contributed by atoms with E-state index in [2.05, 4.69) is 16.0 Å². The van der Waals surface area contributed by atoms with Crippen molar-refractivity contribution in [3.05, 3.63) is 29.3 Å². The number of anilines is 1. The first kappa shape index (κ1) is 18.6. The number of carbonyl (C=O) groups excluding carboxylic acids is 3. The Morgan fingerprint density at radius 2 is 1.87 bits per heavy atom. The zero-order valence-corrected chi connectivity index (χ0v) is 13.9. The molecule has 0 radical (unpaired) electrons. The number of amides is 3. The van der Waals surface area contributed by atoms with Crippen molar-refractivity contribution in [3.8, 4) is 0 Å². The van der Waals surface area contributed by atoms with E-state index in [9.17, 15) is 14.4 Å². The maximum Gasteiger partial charge on any atom is 0.251 e. The van der Waals surface area contributed by atoms with E-state index in [1.807, 2.05) is 20.8 Å². The predicted octanol–water partition coefficient (Wildman–Crippen LogP) is 0.393. The molecule has 0 spiro atoms. The van der Waals surface area contributed by atoms with Gasteiger partial charge in [0.15, 0.2) is 0 Å². The van der Waals surface area contributed by atoms with E-state index >= 15 is 0 Å². The van der Waals surface area contributed by atoms with Crippen LogP contribution in [0.5, 0.6) is 0 Å². The van der Waals surface area contributed by atoms with Crippen molar-refractivity contribution in [2.45, 2.75) is 26.8 Å². The quantitative estimate of drug-likeness (QED) is 0.607. The maximum absolute atomic E-state index is 11.9. The first-order valence-electron chi connectivity index (χ1n) is 7.42. The molecule has 0 aliphatic carbocycles. The number of benzene rings is 1. The number of carbonyl (C=O) groups is 3. The average molecular weight is 320 g/mol. The molecule has 0 bridgehead atoms. The highest BCUT2D eigenvalue weighted by Crippen LogP contribution is 2.16. The lowest BCUT2D eigenvalue weighted by Gasteiger charge is -2.15. The van der Waals surface area contributed by atoms with Crippen LogP contribution in [0.15, 0.2) is 18.2 Å². The minimum absolute atomic E-state index is 0.00968. The molecular formula is C16H24N4O3. The summed E-state index contributed by atoms with van der Waals surface area (Å²) < 4.78 is 0. The molecule has 0 aliphatic heterocycles. The number of nitrogens with two attached hydrogens (primary N) is 1. The van der Waals surface area contributed by atoms with Gasteiger partial charge in [0.1, 0.15) is 0 Å². The summed E-state index contributed by atoms with van der Waals surface area (Å²) in [6.07, 6.45) is 0. The molecular weight excluding hydrogens is 296 g/mol. The molecule has 7 nitrogen and oxygen atoms in total. The second-order valence-electron chi connectivity index (χ2n) is 5.64. The van der Waals surface area contributed by atoms with E-state index in [0.717, 1.165) is 5.56 Å². The topological polar surface area (TPSA) is 113 Å². The second kappa shape index (κ2) is 8.28. The van der Waals surface area contributed by atoms with Crippen LogP contribution in [-0.4, -0.2) is 37.4 Å². The van der Waals surface area contributed by atoms with Gasteiger partial charge in [-0.05, 0) is 30.5 Å². The number of hydrogen-bond acceptors (Lipinski definition) is 4. The molecule has 126 valence electrons. The summed E-state index contributed by atoms with van der Waals surface area (Å²) in [4.78, 5) is 35.3. The molecule has 0 saturated heterocycles. The number of rotatable bonds is 6. The van der Waals surface area contributed by atoms with Crippen LogP contribution < -0.4 is 21.7 Å². The first-order chi connectivity index (χ1) is 10.8. The number of nitrogens with one attached hydrogen (secondary N) is 3. The third-order valence-electron chi connectivity index (χ3n) is 3.45. The Morgan fingerprint density at radius 3 is 2.43 bits per heavy atom. The summed E-state index contributed by atoms with van der Waals surface area (Å²) in [6.45, 7) is 5.30. The van der Waals surface area contributed by atoms with Crippen LogP contribution in [-0.2, 0) is 9.59 Å². The van der Waals surface area contributed by atoms with Gasteiger partial charge in [-0.25, -0.2) is 0 Å². The Hall–Kier alpha value is -2.41. The van der Waals surface area contributed by atoms with E-state index in [0.29, 0.717) is 11.3 Å². The van der Waals surface area contributed by atoms with Crippen LogP contribution in [0.3, 0.4) is 0 Å². The predicted molar refractivity (Wildman–Crippen MR) is 89.0 cm³/mol. The molecule has 1 atom stereocenters. The van der Waals surface area contributed by atoms with Gasteiger partial charge in [0.2, 0.25) is 11.8 Å². The lowest BCUT2D eigenvalue weighted by Crippen LogP contribution is -2.46. The van der Waals surface area contributed by atoms with Crippen LogP contribution >= 0.6 is 0 Å². The normalized spacial score (nSPS) is 11.7. The highest BCUT2D eigenvalue weighted by atomic mass is 16.2. The molecule has 7 heteroatoms. The van der Waals surface area contributed by atoms with Gasteiger partial charge in [0.05, 0.1) is 12.6 Å². The van der Waals surface area contributed by atoms with Crippen LogP contribution in [0, 0.1) is 12.8 Å². The van der Waals surface area contributed by atoms with E-state index < -0.39 is 6.04 Å². The Balaban J connectivity index is 2.67. The van der Waals surface area contributed by atoms with Crippen molar-refractivity contribution in [1.82, 2.24) is 10.6 Å². The third-order valence-corrected chi connectivity index (χ3v) is 3.45. The molecule has 0 aliphatic rings. The van der Waals surface area contributed by atoms with Gasteiger partial charge in [-0.1, -0.05) is 19.9 Å². The van der Waals surface area contributed by atoms with Gasteiger partial charge in [0.25, 0.3) is 5.91 Å². The monoisotopic (exact) mass is 320 g/mol. The molecule has 0 heterocycles. The minimum Gasteiger partial charge on any atom is -0.355 e. The Kier molecular flexibility index (Phi) is 6.71. The van der Waals surface area contributed by atoms with Crippen molar-refractivity contribution in [3.63, 3.8) is 0 Å². The molecule has 1 aromatic carbocycles. The lowest BCUT2D eigenvalue weighted by molar-refractivity contribution is -0.125. The Bertz CT molecular complexity index is 599. The third kappa shape index (κ3) is 5.37. The standard InChI is InChI=1S/C16H24N4O3/c1-9(2)14(17)16(23)19-8-13(21)20-12-7-11(15(22)18-4)6-5-10(12)3/h5-7,9,14H,8,17H2,1-4H3,(H,18,22)(H,19,23)(H,20,21)/t14-/m0/s1. The van der Waals surface area contributed by atoms with Crippen LogP contribution in [0.1, 0.15) is 29.8 Å². The summed E-state index contributed by atoms with van der Waals surface area (Å²) in [5.74, 6) is -1.00. The van der Waals surface area contributed by atoms with Crippen LogP contribution in [0.25, 0.3) is 0 Å². The van der Waals surface area contributed by atoms with Crippen molar-refractivity contribution in [2.75, 3.05) is 18.9 Å². The highest BCUT2D eigenvalue weighted by Gasteiger charge is 2.18. The fourth-order valence-corrected chi connectivity index (χ4v) is 1.82. The van der Waals surface area contributed by atoms with Gasteiger partial charge < -0.3 is 21.7 Å². The Morgan fingerprint density at radius 1 is 1.22 bits per heavy atom. The molecule has 1 rings (SSSR count). The zero-order chi connectivity index (χ0) is 17.6. The Labute approximate surface area is 136 Å². The van der Waals surface area contributed by atoms with Crippen LogP contribution in [0.2, 0.25) is 0 Å². The fraction of sp³-hybridized carbons (Fsp3) is 0.438. The molecule has 5 N–H and O–H groups in total. The summed E-state index contributed by atoms with van der Waals surface area (Å²) in [5.41, 5.74) is 7.49. The zero-order valence-electron chi connectivity index (χ0n) is 13.9. The van der Waals surface area contributed by atoms with Gasteiger partial charge in [-0.15, -0.1) is 0 Å². The average Bonchev–Trinajstić information content (AvgIpc) is 2.52. The van der Waals surface area contributed by atoms with E-state index in [-0.39, 0.29) is 30.2 Å². The van der Waals surface area contributed by atoms with E-state index in [1.54, 1.807) is 18.2 Å². The summed E-state index contributed by atoms with van der Waals surface area (Å²) >= 11 is 0. The summed E-state index contributed by atoms with van der Waals surface area (Å²) in [6, 6.07) is 4.36. The maximum atomic E-state index is 11.9. The number of aryl methyl sites for hydroxylation is 1. The number of hydrogen-bond donors (Lipinski definition) is 4. The lowest BCUT2D eigenvalue weighted by atomic mass is 10.1. The summed E-state index contributed by atoms with van der Waals surface area (Å²) in [5, 5.41) is 7.70. The molecule has 0 unspecified atom stereocenters. The molecule has 3 amide bonds. The molecule has 1 aromatic rings. The van der Waals surface area contributed by atoms with Crippen molar-refractivity contribution < 1.29 is 14.4 Å². The van der Waals surface area contributed by atoms with Gasteiger partial charge >= 0.3 is 0 Å². The molecule has 0 aromatic heterocycles. The molecule has 0 fully saturated rings. The minimum atomic E-state index is -0.652. The van der Waals surface area contributed by atoms with Gasteiger partial charge in [-0.3, -0.25) is 14.4 Å². The SMILES string of the molecule is CNC(=O)c1ccc(C)c(NC(=O)CNC(=O)[C@@H](N)C(C)C)c1. The molecule has 0 saturated carbocycles. The van der Waals surface area contributed by atoms with Gasteiger partial charge in [-0.2, -0.15) is 0 Å². The van der Waals surface area contributed by atoms with Gasteiger partial charge in [0, 0.05) is 18.3 Å².